The van der Waals surface area contributed by atoms with Crippen LogP contribution in [0.15, 0.2) is 12.1 Å². The van der Waals surface area contributed by atoms with Gasteiger partial charge in [0.25, 0.3) is 5.69 Å². The van der Waals surface area contributed by atoms with E-state index < -0.39 is 4.92 Å². The van der Waals surface area contributed by atoms with Crippen LogP contribution in [0.4, 0.5) is 17.1 Å². The Balaban J connectivity index is 2.13. The molecule has 1 heterocycles. The number of carbonyl (C=O) groups excluding carboxylic acids is 1. The largest absolute Gasteiger partial charge is 0.378 e. The summed E-state index contributed by atoms with van der Waals surface area (Å²) in [6.45, 7) is 5.35. The van der Waals surface area contributed by atoms with Crippen molar-refractivity contribution >= 4 is 23.0 Å². The Hall–Kier alpha value is -2.15. The van der Waals surface area contributed by atoms with Crippen LogP contribution >= 0.6 is 0 Å². The standard InChI is InChI=1S/C13H18N4O3/c1-8(2)14-3-4-15-11-7-10-9(6-13(18)16-10)5-12(11)17(19)20/h5,7-8,14-15H,3-4,6H2,1-2H3,(H,16,18). The number of nitro groups is 1. The predicted octanol–water partition coefficient (Wildman–Crippen LogP) is 1.50. The molecule has 0 aliphatic carbocycles. The fraction of sp³-hybridized carbons (Fsp3) is 0.462. The number of nitro benzene ring substituents is 1. The molecule has 1 aliphatic rings. The molecule has 2 rings (SSSR count). The third kappa shape index (κ3) is 3.24. The summed E-state index contributed by atoms with van der Waals surface area (Å²) in [5.74, 6) is -0.132. The molecular weight excluding hydrogens is 260 g/mol. The third-order valence-corrected chi connectivity index (χ3v) is 3.04. The smallest absolute Gasteiger partial charge is 0.292 e. The van der Waals surface area contributed by atoms with Crippen LogP contribution < -0.4 is 16.0 Å². The Kier molecular flexibility index (Phi) is 4.19. The van der Waals surface area contributed by atoms with Gasteiger partial charge in [-0.25, -0.2) is 0 Å². The second-order valence-corrected chi connectivity index (χ2v) is 5.04. The van der Waals surface area contributed by atoms with Crippen molar-refractivity contribution in [2.75, 3.05) is 23.7 Å². The molecule has 7 nitrogen and oxygen atoms in total. The molecule has 0 saturated heterocycles. The molecule has 7 heteroatoms. The van der Waals surface area contributed by atoms with Gasteiger partial charge in [-0.3, -0.25) is 14.9 Å². The van der Waals surface area contributed by atoms with Crippen LogP contribution in [0.3, 0.4) is 0 Å². The summed E-state index contributed by atoms with van der Waals surface area (Å²) >= 11 is 0. The van der Waals surface area contributed by atoms with Gasteiger partial charge in [0.15, 0.2) is 0 Å². The van der Waals surface area contributed by atoms with Gasteiger partial charge in [-0.05, 0) is 11.6 Å². The SMILES string of the molecule is CC(C)NCCNc1cc2c(cc1[N+](=O)[O-])CC(=O)N2. The van der Waals surface area contributed by atoms with Crippen LogP contribution in [0.2, 0.25) is 0 Å². The Morgan fingerprint density at radius 2 is 2.15 bits per heavy atom. The molecule has 0 saturated carbocycles. The molecule has 0 bridgehead atoms. The molecule has 0 spiro atoms. The number of amides is 1. The summed E-state index contributed by atoms with van der Waals surface area (Å²) in [4.78, 5) is 22.0. The van der Waals surface area contributed by atoms with Crippen LogP contribution in [0.25, 0.3) is 0 Å². The van der Waals surface area contributed by atoms with E-state index in [9.17, 15) is 14.9 Å². The molecule has 1 aromatic carbocycles. The highest BCUT2D eigenvalue weighted by Gasteiger charge is 2.24. The lowest BCUT2D eigenvalue weighted by molar-refractivity contribution is -0.384. The van der Waals surface area contributed by atoms with Crippen LogP contribution in [-0.4, -0.2) is 30.0 Å². The van der Waals surface area contributed by atoms with Crippen molar-refractivity contribution in [1.29, 1.82) is 0 Å². The third-order valence-electron chi connectivity index (χ3n) is 3.04. The average molecular weight is 278 g/mol. The van der Waals surface area contributed by atoms with Crippen molar-refractivity contribution in [3.05, 3.63) is 27.8 Å². The zero-order valence-electron chi connectivity index (χ0n) is 11.5. The fourth-order valence-corrected chi connectivity index (χ4v) is 2.11. The second kappa shape index (κ2) is 5.87. The van der Waals surface area contributed by atoms with E-state index in [2.05, 4.69) is 16.0 Å². The van der Waals surface area contributed by atoms with Crippen LogP contribution in [0, 0.1) is 10.1 Å². The molecule has 1 aliphatic heterocycles. The summed E-state index contributed by atoms with van der Waals surface area (Å²) in [7, 11) is 0. The van der Waals surface area contributed by atoms with Gasteiger partial charge in [-0.1, -0.05) is 13.8 Å². The minimum absolute atomic E-state index is 0.00444. The van der Waals surface area contributed by atoms with Crippen molar-refractivity contribution in [2.24, 2.45) is 0 Å². The highest BCUT2D eigenvalue weighted by molar-refractivity contribution is 6.00. The lowest BCUT2D eigenvalue weighted by Gasteiger charge is -2.11. The maximum absolute atomic E-state index is 11.3. The number of benzene rings is 1. The minimum atomic E-state index is -0.429. The number of carbonyl (C=O) groups is 1. The summed E-state index contributed by atoms with van der Waals surface area (Å²) in [5.41, 5.74) is 1.76. The highest BCUT2D eigenvalue weighted by atomic mass is 16.6. The molecule has 0 atom stereocenters. The number of nitrogens with zero attached hydrogens (tertiary/aromatic N) is 1. The lowest BCUT2D eigenvalue weighted by atomic mass is 10.1. The Bertz CT molecular complexity index is 543. The van der Waals surface area contributed by atoms with Crippen LogP contribution in [0.1, 0.15) is 19.4 Å². The molecule has 3 N–H and O–H groups in total. The van der Waals surface area contributed by atoms with Gasteiger partial charge in [-0.2, -0.15) is 0 Å². The topological polar surface area (TPSA) is 96.3 Å². The molecule has 0 fully saturated rings. The van der Waals surface area contributed by atoms with Crippen LogP contribution in [-0.2, 0) is 11.2 Å². The van der Waals surface area contributed by atoms with E-state index in [-0.39, 0.29) is 18.0 Å². The monoisotopic (exact) mass is 278 g/mol. The second-order valence-electron chi connectivity index (χ2n) is 5.04. The number of nitrogens with one attached hydrogen (secondary N) is 3. The molecule has 108 valence electrons. The number of anilines is 2. The van der Waals surface area contributed by atoms with Crippen LogP contribution in [0.5, 0.6) is 0 Å². The Morgan fingerprint density at radius 1 is 1.40 bits per heavy atom. The van der Waals surface area contributed by atoms with Crippen molar-refractivity contribution in [3.8, 4) is 0 Å². The Labute approximate surface area is 116 Å². The van der Waals surface area contributed by atoms with Gasteiger partial charge < -0.3 is 16.0 Å². The van der Waals surface area contributed by atoms with E-state index in [4.69, 9.17) is 0 Å². The fourth-order valence-electron chi connectivity index (χ4n) is 2.11. The maximum atomic E-state index is 11.3. The lowest BCUT2D eigenvalue weighted by Crippen LogP contribution is -2.28. The van der Waals surface area contributed by atoms with Crippen molar-refractivity contribution in [2.45, 2.75) is 26.3 Å². The van der Waals surface area contributed by atoms with Gasteiger partial charge in [0.1, 0.15) is 5.69 Å². The van der Waals surface area contributed by atoms with Gasteiger partial charge in [0.05, 0.1) is 11.3 Å². The number of hydrogen-bond acceptors (Lipinski definition) is 5. The zero-order chi connectivity index (χ0) is 14.7. The van der Waals surface area contributed by atoms with E-state index in [1.54, 1.807) is 6.07 Å². The zero-order valence-corrected chi connectivity index (χ0v) is 11.5. The maximum Gasteiger partial charge on any atom is 0.292 e. The first-order valence-electron chi connectivity index (χ1n) is 6.56. The molecule has 0 unspecified atom stereocenters. The summed E-state index contributed by atoms with van der Waals surface area (Å²) < 4.78 is 0. The molecule has 0 aromatic heterocycles. The van der Waals surface area contributed by atoms with Gasteiger partial charge in [0, 0.05) is 30.9 Å². The number of hydrogen-bond donors (Lipinski definition) is 3. The van der Waals surface area contributed by atoms with Gasteiger partial charge in [0.2, 0.25) is 5.91 Å². The molecule has 20 heavy (non-hydrogen) atoms. The summed E-state index contributed by atoms with van der Waals surface area (Å²) in [5, 5.41) is 20.0. The van der Waals surface area contributed by atoms with E-state index >= 15 is 0 Å². The van der Waals surface area contributed by atoms with E-state index in [0.29, 0.717) is 36.1 Å². The van der Waals surface area contributed by atoms with E-state index in [1.807, 2.05) is 13.8 Å². The quantitative estimate of drug-likeness (QED) is 0.416. The predicted molar refractivity (Wildman–Crippen MR) is 77.1 cm³/mol. The summed E-state index contributed by atoms with van der Waals surface area (Å²) in [6, 6.07) is 3.46. The average Bonchev–Trinajstić information content (AvgIpc) is 2.72. The first kappa shape index (κ1) is 14.3. The van der Waals surface area contributed by atoms with Gasteiger partial charge in [-0.15, -0.1) is 0 Å². The van der Waals surface area contributed by atoms with E-state index in [0.717, 1.165) is 0 Å². The highest BCUT2D eigenvalue weighted by Crippen LogP contribution is 2.34. The van der Waals surface area contributed by atoms with Gasteiger partial charge >= 0.3 is 0 Å². The van der Waals surface area contributed by atoms with Crippen molar-refractivity contribution < 1.29 is 9.72 Å². The summed E-state index contributed by atoms with van der Waals surface area (Å²) in [6.07, 6.45) is 0.200. The first-order valence-corrected chi connectivity index (χ1v) is 6.56. The molecule has 1 aromatic rings. The Morgan fingerprint density at radius 3 is 2.80 bits per heavy atom. The van der Waals surface area contributed by atoms with E-state index in [1.165, 1.54) is 6.07 Å². The normalized spacial score (nSPS) is 13.2. The van der Waals surface area contributed by atoms with Crippen molar-refractivity contribution in [1.82, 2.24) is 5.32 Å². The molecular formula is C13H18N4O3. The van der Waals surface area contributed by atoms with Crippen molar-refractivity contribution in [3.63, 3.8) is 0 Å². The number of fused-ring (bicyclic) bond motifs is 1. The molecule has 1 amide bonds. The number of rotatable bonds is 6. The molecule has 0 radical (unpaired) electrons. The minimum Gasteiger partial charge on any atom is -0.378 e. The first-order chi connectivity index (χ1) is 9.47.